The first-order valence-electron chi connectivity index (χ1n) is 4.18. The van der Waals surface area contributed by atoms with Gasteiger partial charge in [-0.15, -0.1) is 24.0 Å². The van der Waals surface area contributed by atoms with Gasteiger partial charge in [0.25, 0.3) is 0 Å². The standard InChI is InChI=1S/C10H9Cl2NOS.ClH/c11-5-9(14)6-15-10(13)7-1-3-8(12)4-2-7;/h1-4,13H,5-6H2;1H. The van der Waals surface area contributed by atoms with Crippen LogP contribution in [0.3, 0.4) is 0 Å². The van der Waals surface area contributed by atoms with Crippen molar-refractivity contribution < 1.29 is 4.79 Å². The average molecular weight is 299 g/mol. The molecule has 1 aromatic rings. The highest BCUT2D eigenvalue weighted by molar-refractivity contribution is 8.14. The van der Waals surface area contributed by atoms with E-state index in [2.05, 4.69) is 0 Å². The molecule has 0 unspecified atom stereocenters. The minimum absolute atomic E-state index is 0. The van der Waals surface area contributed by atoms with Crippen LogP contribution in [0.4, 0.5) is 0 Å². The predicted octanol–water partition coefficient (Wildman–Crippen LogP) is 3.63. The summed E-state index contributed by atoms with van der Waals surface area (Å²) in [6, 6.07) is 6.94. The van der Waals surface area contributed by atoms with E-state index in [4.69, 9.17) is 28.6 Å². The van der Waals surface area contributed by atoms with Gasteiger partial charge < -0.3 is 0 Å². The van der Waals surface area contributed by atoms with Gasteiger partial charge >= 0.3 is 0 Å². The number of hydrogen-bond donors (Lipinski definition) is 1. The molecule has 2 nitrogen and oxygen atoms in total. The molecular formula is C10H10Cl3NOS. The molecule has 1 N–H and O–H groups in total. The van der Waals surface area contributed by atoms with E-state index in [1.165, 1.54) is 11.8 Å². The van der Waals surface area contributed by atoms with E-state index in [0.717, 1.165) is 5.56 Å². The Labute approximate surface area is 115 Å². The molecule has 0 fully saturated rings. The zero-order valence-corrected chi connectivity index (χ0v) is 11.3. The number of carbonyl (C=O) groups is 1. The van der Waals surface area contributed by atoms with E-state index < -0.39 is 0 Å². The van der Waals surface area contributed by atoms with Gasteiger partial charge in [0, 0.05) is 10.6 Å². The predicted molar refractivity (Wildman–Crippen MR) is 73.7 cm³/mol. The second-order valence-corrected chi connectivity index (χ2v) is 4.49. The zero-order valence-electron chi connectivity index (χ0n) is 8.20. The number of halogens is 3. The fourth-order valence-electron chi connectivity index (χ4n) is 0.876. The van der Waals surface area contributed by atoms with Crippen molar-refractivity contribution in [3.8, 4) is 0 Å². The van der Waals surface area contributed by atoms with Crippen LogP contribution >= 0.6 is 47.4 Å². The van der Waals surface area contributed by atoms with Crippen molar-refractivity contribution in [2.24, 2.45) is 0 Å². The van der Waals surface area contributed by atoms with Gasteiger partial charge in [-0.05, 0) is 12.1 Å². The van der Waals surface area contributed by atoms with Gasteiger partial charge in [-0.3, -0.25) is 10.2 Å². The number of rotatable bonds is 4. The van der Waals surface area contributed by atoms with Crippen molar-refractivity contribution >= 4 is 58.2 Å². The lowest BCUT2D eigenvalue weighted by atomic mass is 10.2. The van der Waals surface area contributed by atoms with Crippen molar-refractivity contribution in [1.82, 2.24) is 0 Å². The van der Waals surface area contributed by atoms with Crippen molar-refractivity contribution in [3.05, 3.63) is 34.9 Å². The number of thioether (sulfide) groups is 1. The minimum Gasteiger partial charge on any atom is -0.297 e. The molecule has 0 aliphatic rings. The van der Waals surface area contributed by atoms with Crippen molar-refractivity contribution in [2.45, 2.75) is 0 Å². The van der Waals surface area contributed by atoms with Crippen LogP contribution in [0, 0.1) is 5.41 Å². The largest absolute Gasteiger partial charge is 0.297 e. The first-order chi connectivity index (χ1) is 7.13. The van der Waals surface area contributed by atoms with Crippen LogP contribution in [-0.2, 0) is 4.79 Å². The Morgan fingerprint density at radius 2 is 1.88 bits per heavy atom. The molecule has 0 aliphatic heterocycles. The summed E-state index contributed by atoms with van der Waals surface area (Å²) in [5, 5.41) is 8.68. The van der Waals surface area contributed by atoms with Crippen molar-refractivity contribution in [3.63, 3.8) is 0 Å². The fourth-order valence-corrected chi connectivity index (χ4v) is 1.92. The van der Waals surface area contributed by atoms with Crippen LogP contribution in [0.15, 0.2) is 24.3 Å². The Morgan fingerprint density at radius 3 is 2.38 bits per heavy atom. The van der Waals surface area contributed by atoms with Gasteiger partial charge in [-0.25, -0.2) is 0 Å². The number of hydrogen-bond acceptors (Lipinski definition) is 3. The molecule has 0 aromatic heterocycles. The van der Waals surface area contributed by atoms with Gasteiger partial charge in [0.1, 0.15) is 0 Å². The first kappa shape index (κ1) is 15.8. The maximum Gasteiger partial charge on any atom is 0.157 e. The van der Waals surface area contributed by atoms with Gasteiger partial charge in [0.2, 0.25) is 0 Å². The fraction of sp³-hybridized carbons (Fsp3) is 0.200. The molecule has 1 aromatic carbocycles. The Morgan fingerprint density at radius 1 is 1.31 bits per heavy atom. The Bertz CT molecular complexity index is 367. The summed E-state index contributed by atoms with van der Waals surface area (Å²) in [5.41, 5.74) is 0.756. The lowest BCUT2D eigenvalue weighted by Gasteiger charge is -2.02. The summed E-state index contributed by atoms with van der Waals surface area (Å²) in [6.45, 7) is 0. The molecular weight excluding hydrogens is 289 g/mol. The second-order valence-electron chi connectivity index (χ2n) is 2.80. The molecule has 0 saturated carbocycles. The summed E-state index contributed by atoms with van der Waals surface area (Å²) in [4.78, 5) is 10.9. The molecule has 0 radical (unpaired) electrons. The van der Waals surface area contributed by atoms with Gasteiger partial charge in [0.15, 0.2) is 5.78 Å². The molecule has 0 spiro atoms. The third kappa shape index (κ3) is 5.21. The number of benzene rings is 1. The second kappa shape index (κ2) is 7.96. The number of Topliss-reactive ketones (excluding diaryl/α,β-unsaturated/α-hetero) is 1. The van der Waals surface area contributed by atoms with Crippen LogP contribution < -0.4 is 0 Å². The smallest absolute Gasteiger partial charge is 0.157 e. The number of carbonyl (C=O) groups excluding carboxylic acids is 1. The maximum atomic E-state index is 10.9. The van der Waals surface area contributed by atoms with Crippen LogP contribution in [0.1, 0.15) is 5.56 Å². The van der Waals surface area contributed by atoms with Gasteiger partial charge in [-0.1, -0.05) is 35.5 Å². The molecule has 0 amide bonds. The Hall–Kier alpha value is -0.220. The van der Waals surface area contributed by atoms with E-state index in [0.29, 0.717) is 10.1 Å². The molecule has 0 atom stereocenters. The molecule has 88 valence electrons. The third-order valence-electron chi connectivity index (χ3n) is 1.63. The van der Waals surface area contributed by atoms with Crippen LogP contribution in [0.25, 0.3) is 0 Å². The maximum absolute atomic E-state index is 10.9. The summed E-state index contributed by atoms with van der Waals surface area (Å²) >= 11 is 12.2. The molecule has 0 heterocycles. The van der Waals surface area contributed by atoms with Gasteiger partial charge in [0.05, 0.1) is 16.7 Å². The van der Waals surface area contributed by atoms with Crippen LogP contribution in [0.5, 0.6) is 0 Å². The lowest BCUT2D eigenvalue weighted by molar-refractivity contribution is -0.114. The number of ketones is 1. The Balaban J connectivity index is 0.00000225. The first-order valence-corrected chi connectivity index (χ1v) is 6.08. The normalized spacial score (nSPS) is 9.38. The number of alkyl halides is 1. The summed E-state index contributed by atoms with van der Waals surface area (Å²) in [6.07, 6.45) is 0. The van der Waals surface area contributed by atoms with E-state index >= 15 is 0 Å². The monoisotopic (exact) mass is 297 g/mol. The molecule has 0 aliphatic carbocycles. The van der Waals surface area contributed by atoms with Crippen LogP contribution in [-0.4, -0.2) is 22.5 Å². The molecule has 16 heavy (non-hydrogen) atoms. The SMILES string of the molecule is Cl.N=C(SCC(=O)CCl)c1ccc(Cl)cc1. The third-order valence-corrected chi connectivity index (χ3v) is 3.17. The molecule has 1 rings (SSSR count). The lowest BCUT2D eigenvalue weighted by Crippen LogP contribution is -2.05. The van der Waals surface area contributed by atoms with E-state index in [1.807, 2.05) is 0 Å². The van der Waals surface area contributed by atoms with Crippen LogP contribution in [0.2, 0.25) is 5.02 Å². The Kier molecular flexibility index (Phi) is 7.85. The summed E-state index contributed by atoms with van der Waals surface area (Å²) in [5.74, 6) is 0.173. The molecule has 0 bridgehead atoms. The quantitative estimate of drug-likeness (QED) is 0.524. The average Bonchev–Trinajstić information content (AvgIpc) is 2.26. The molecule has 0 saturated heterocycles. The van der Waals surface area contributed by atoms with Crippen molar-refractivity contribution in [2.75, 3.05) is 11.6 Å². The highest BCUT2D eigenvalue weighted by Crippen LogP contribution is 2.15. The van der Waals surface area contributed by atoms with Gasteiger partial charge in [-0.2, -0.15) is 0 Å². The summed E-state index contributed by atoms with van der Waals surface area (Å²) < 4.78 is 0. The highest BCUT2D eigenvalue weighted by Gasteiger charge is 2.05. The van der Waals surface area contributed by atoms with E-state index in [1.54, 1.807) is 24.3 Å². The summed E-state index contributed by atoms with van der Waals surface area (Å²) in [7, 11) is 0. The minimum atomic E-state index is -0.0691. The highest BCUT2D eigenvalue weighted by atomic mass is 35.5. The van der Waals surface area contributed by atoms with E-state index in [-0.39, 0.29) is 29.8 Å². The zero-order chi connectivity index (χ0) is 11.3. The number of nitrogens with one attached hydrogen (secondary N) is 1. The van der Waals surface area contributed by atoms with E-state index in [9.17, 15) is 4.79 Å². The van der Waals surface area contributed by atoms with Crippen molar-refractivity contribution in [1.29, 1.82) is 5.41 Å². The topological polar surface area (TPSA) is 40.9 Å². The molecule has 6 heteroatoms.